The Balaban J connectivity index is 1.70. The molecule has 0 aromatic heterocycles. The summed E-state index contributed by atoms with van der Waals surface area (Å²) in [6, 6.07) is 22.4. The van der Waals surface area contributed by atoms with Crippen LogP contribution in [0, 0.1) is 21.8 Å². The number of carbonyl (C=O) groups is 1. The monoisotopic (exact) mass is 528 g/mol. The minimum absolute atomic E-state index is 0.0298. The van der Waals surface area contributed by atoms with Crippen LogP contribution in [0.3, 0.4) is 0 Å². The van der Waals surface area contributed by atoms with Crippen LogP contribution in [0.15, 0.2) is 72.3 Å². The fraction of sp³-hybridized carbons (Fsp3) is 0.0833. The number of anilines is 1. The first-order chi connectivity index (χ1) is 14.4. The van der Waals surface area contributed by atoms with Gasteiger partial charge in [0, 0.05) is 10.7 Å². The van der Waals surface area contributed by atoms with Crippen LogP contribution >= 0.6 is 34.2 Å². The summed E-state index contributed by atoms with van der Waals surface area (Å²) in [4.78, 5) is 12.5. The van der Waals surface area contributed by atoms with Crippen molar-refractivity contribution in [1.29, 1.82) is 5.26 Å². The Morgan fingerprint density at radius 2 is 1.93 bits per heavy atom. The van der Waals surface area contributed by atoms with Crippen LogP contribution in [0.25, 0.3) is 6.08 Å². The van der Waals surface area contributed by atoms with Crippen LogP contribution in [0.5, 0.6) is 5.75 Å². The van der Waals surface area contributed by atoms with Crippen molar-refractivity contribution in [2.75, 3.05) is 5.32 Å². The fourth-order valence-corrected chi connectivity index (χ4v) is 3.52. The number of hydrogen-bond donors (Lipinski definition) is 1. The van der Waals surface area contributed by atoms with Gasteiger partial charge in [-0.1, -0.05) is 41.9 Å². The molecule has 0 saturated carbocycles. The summed E-state index contributed by atoms with van der Waals surface area (Å²) >= 11 is 8.07. The molecule has 0 radical (unpaired) electrons. The molecule has 30 heavy (non-hydrogen) atoms. The van der Waals surface area contributed by atoms with E-state index in [1.165, 1.54) is 0 Å². The van der Waals surface area contributed by atoms with Gasteiger partial charge in [0.15, 0.2) is 0 Å². The van der Waals surface area contributed by atoms with E-state index in [-0.39, 0.29) is 5.57 Å². The molecule has 3 aromatic carbocycles. The molecule has 0 aliphatic rings. The van der Waals surface area contributed by atoms with Crippen LogP contribution in [-0.4, -0.2) is 5.91 Å². The SMILES string of the molecule is Cc1cccc(NC(=O)/C(C#N)=C\c2ccc(OCc3ccc(Cl)cc3)c(I)c2)c1. The number of ether oxygens (including phenoxy) is 1. The third kappa shape index (κ3) is 6.09. The quantitative estimate of drug-likeness (QED) is 0.229. The Labute approximate surface area is 194 Å². The van der Waals surface area contributed by atoms with Crippen molar-refractivity contribution in [2.45, 2.75) is 13.5 Å². The van der Waals surface area contributed by atoms with E-state index in [0.717, 1.165) is 26.0 Å². The first kappa shape index (κ1) is 21.9. The van der Waals surface area contributed by atoms with Crippen molar-refractivity contribution >= 4 is 51.9 Å². The molecule has 0 saturated heterocycles. The standard InChI is InChI=1S/C24H18ClIN2O2/c1-16-3-2-4-21(11-16)28-24(29)19(14-27)12-18-7-10-23(22(26)13-18)30-15-17-5-8-20(25)9-6-17/h2-13H,15H2,1H3,(H,28,29)/b19-12-. The van der Waals surface area contributed by atoms with Crippen LogP contribution in [0.2, 0.25) is 5.02 Å². The molecular formula is C24H18ClIN2O2. The molecule has 0 heterocycles. The highest BCUT2D eigenvalue weighted by atomic mass is 127. The largest absolute Gasteiger partial charge is 0.488 e. The Morgan fingerprint density at radius 1 is 1.17 bits per heavy atom. The van der Waals surface area contributed by atoms with Crippen molar-refractivity contribution in [1.82, 2.24) is 0 Å². The fourth-order valence-electron chi connectivity index (χ4n) is 2.70. The van der Waals surface area contributed by atoms with Gasteiger partial charge in [-0.05, 0) is 88.7 Å². The maximum atomic E-state index is 12.5. The molecule has 0 spiro atoms. The smallest absolute Gasteiger partial charge is 0.266 e. The van der Waals surface area contributed by atoms with E-state index in [9.17, 15) is 10.1 Å². The second-order valence-corrected chi connectivity index (χ2v) is 8.20. The predicted octanol–water partition coefficient (Wildman–Crippen LogP) is 6.38. The molecule has 3 rings (SSSR count). The third-order valence-corrected chi connectivity index (χ3v) is 5.31. The van der Waals surface area contributed by atoms with Crippen LogP contribution in [0.1, 0.15) is 16.7 Å². The van der Waals surface area contributed by atoms with Crippen molar-refractivity contribution < 1.29 is 9.53 Å². The number of carbonyl (C=O) groups excluding carboxylic acids is 1. The molecule has 0 bridgehead atoms. The highest BCUT2D eigenvalue weighted by Crippen LogP contribution is 2.25. The topological polar surface area (TPSA) is 62.1 Å². The van der Waals surface area contributed by atoms with E-state index in [1.807, 2.05) is 73.7 Å². The average Bonchev–Trinajstić information content (AvgIpc) is 2.72. The lowest BCUT2D eigenvalue weighted by atomic mass is 10.1. The van der Waals surface area contributed by atoms with E-state index in [1.54, 1.807) is 12.1 Å². The minimum atomic E-state index is -0.443. The van der Waals surface area contributed by atoms with E-state index in [4.69, 9.17) is 16.3 Å². The summed E-state index contributed by atoms with van der Waals surface area (Å²) in [6.45, 7) is 2.36. The minimum Gasteiger partial charge on any atom is -0.488 e. The molecule has 0 aliphatic heterocycles. The Bertz CT molecular complexity index is 1130. The van der Waals surface area contributed by atoms with Gasteiger partial charge >= 0.3 is 0 Å². The number of nitrogens with zero attached hydrogens (tertiary/aromatic N) is 1. The normalized spacial score (nSPS) is 10.9. The number of aryl methyl sites for hydroxylation is 1. The molecule has 1 amide bonds. The molecule has 3 aromatic rings. The number of nitriles is 1. The van der Waals surface area contributed by atoms with Gasteiger partial charge in [-0.25, -0.2) is 0 Å². The molecule has 0 unspecified atom stereocenters. The second kappa shape index (κ2) is 10.3. The maximum absolute atomic E-state index is 12.5. The Hall–Kier alpha value is -2.82. The maximum Gasteiger partial charge on any atom is 0.266 e. The van der Waals surface area contributed by atoms with Gasteiger partial charge in [-0.2, -0.15) is 5.26 Å². The van der Waals surface area contributed by atoms with Crippen molar-refractivity contribution in [3.05, 3.63) is 97.6 Å². The first-order valence-electron chi connectivity index (χ1n) is 9.11. The van der Waals surface area contributed by atoms with E-state index >= 15 is 0 Å². The lowest BCUT2D eigenvalue weighted by Gasteiger charge is -2.09. The Kier molecular flexibility index (Phi) is 7.50. The molecule has 0 fully saturated rings. The molecule has 6 heteroatoms. The van der Waals surface area contributed by atoms with Crippen molar-refractivity contribution in [2.24, 2.45) is 0 Å². The number of rotatable bonds is 6. The lowest BCUT2D eigenvalue weighted by Crippen LogP contribution is -2.13. The zero-order valence-corrected chi connectivity index (χ0v) is 19.1. The molecule has 4 nitrogen and oxygen atoms in total. The summed E-state index contributed by atoms with van der Waals surface area (Å²) in [5.41, 5.74) is 3.47. The van der Waals surface area contributed by atoms with Gasteiger partial charge in [0.2, 0.25) is 0 Å². The van der Waals surface area contributed by atoms with Crippen molar-refractivity contribution in [3.8, 4) is 11.8 Å². The van der Waals surface area contributed by atoms with E-state index < -0.39 is 5.91 Å². The van der Waals surface area contributed by atoms with Gasteiger partial charge in [0.1, 0.15) is 24.0 Å². The highest BCUT2D eigenvalue weighted by molar-refractivity contribution is 14.1. The van der Waals surface area contributed by atoms with E-state index in [2.05, 4.69) is 27.9 Å². The lowest BCUT2D eigenvalue weighted by molar-refractivity contribution is -0.112. The number of benzene rings is 3. The molecular weight excluding hydrogens is 511 g/mol. The third-order valence-electron chi connectivity index (χ3n) is 4.22. The molecule has 0 aliphatic carbocycles. The van der Waals surface area contributed by atoms with Gasteiger partial charge < -0.3 is 10.1 Å². The second-order valence-electron chi connectivity index (χ2n) is 6.60. The number of nitrogens with one attached hydrogen (secondary N) is 1. The average molecular weight is 529 g/mol. The van der Waals surface area contributed by atoms with Crippen LogP contribution in [-0.2, 0) is 11.4 Å². The van der Waals surface area contributed by atoms with Gasteiger partial charge in [-0.3, -0.25) is 4.79 Å². The zero-order valence-electron chi connectivity index (χ0n) is 16.2. The molecule has 1 N–H and O–H groups in total. The predicted molar refractivity (Wildman–Crippen MR) is 128 cm³/mol. The highest BCUT2D eigenvalue weighted by Gasteiger charge is 2.11. The van der Waals surface area contributed by atoms with Crippen LogP contribution in [0.4, 0.5) is 5.69 Å². The number of halogens is 2. The van der Waals surface area contributed by atoms with Gasteiger partial charge in [0.25, 0.3) is 5.91 Å². The Morgan fingerprint density at radius 3 is 2.60 bits per heavy atom. The van der Waals surface area contributed by atoms with Crippen LogP contribution < -0.4 is 10.1 Å². The summed E-state index contributed by atoms with van der Waals surface area (Å²) in [5, 5.41) is 12.9. The molecule has 0 atom stereocenters. The van der Waals surface area contributed by atoms with Gasteiger partial charge in [0.05, 0.1) is 3.57 Å². The number of amides is 1. The summed E-state index contributed by atoms with van der Waals surface area (Å²) < 4.78 is 6.75. The van der Waals surface area contributed by atoms with Gasteiger partial charge in [-0.15, -0.1) is 0 Å². The summed E-state index contributed by atoms with van der Waals surface area (Å²) in [6.07, 6.45) is 1.57. The van der Waals surface area contributed by atoms with Crippen molar-refractivity contribution in [3.63, 3.8) is 0 Å². The molecule has 150 valence electrons. The zero-order chi connectivity index (χ0) is 21.5. The summed E-state index contributed by atoms with van der Waals surface area (Å²) in [7, 11) is 0. The van der Waals surface area contributed by atoms with E-state index in [0.29, 0.717) is 17.3 Å². The first-order valence-corrected chi connectivity index (χ1v) is 10.6. The summed E-state index contributed by atoms with van der Waals surface area (Å²) in [5.74, 6) is 0.284. The number of hydrogen-bond acceptors (Lipinski definition) is 3.